The number of methoxy groups -OCH3 is 1. The van der Waals surface area contributed by atoms with E-state index in [4.69, 9.17) is 9.47 Å². The van der Waals surface area contributed by atoms with Crippen molar-refractivity contribution in [2.45, 2.75) is 64.2 Å². The van der Waals surface area contributed by atoms with E-state index in [9.17, 15) is 17.6 Å². The van der Waals surface area contributed by atoms with E-state index in [0.29, 0.717) is 35.8 Å². The fourth-order valence-corrected chi connectivity index (χ4v) is 5.57. The van der Waals surface area contributed by atoms with Crippen molar-refractivity contribution in [3.8, 4) is 22.9 Å². The van der Waals surface area contributed by atoms with Crippen LogP contribution in [-0.2, 0) is 16.4 Å². The molecule has 0 atom stereocenters. The number of benzene rings is 2. The van der Waals surface area contributed by atoms with Crippen molar-refractivity contribution in [1.82, 2.24) is 19.6 Å². The summed E-state index contributed by atoms with van der Waals surface area (Å²) in [6.45, 7) is 6.03. The van der Waals surface area contributed by atoms with E-state index in [2.05, 4.69) is 26.7 Å². The molecule has 0 amide bonds. The van der Waals surface area contributed by atoms with Gasteiger partial charge in [0, 0.05) is 12.5 Å². The number of ether oxygens (including phenoxy) is 2. The number of H-pyrrole nitrogens is 1. The Bertz CT molecular complexity index is 1670. The molecule has 0 aliphatic carbocycles. The average Bonchev–Trinajstić information content (AvgIpc) is 3.24. The lowest BCUT2D eigenvalue weighted by molar-refractivity contribution is 0.341. The van der Waals surface area contributed by atoms with Crippen LogP contribution in [0.25, 0.3) is 16.9 Å². The minimum atomic E-state index is -4.14. The summed E-state index contributed by atoms with van der Waals surface area (Å²) in [4.78, 5) is 20.4. The third-order valence-electron chi connectivity index (χ3n) is 6.47. The van der Waals surface area contributed by atoms with Gasteiger partial charge in [0.05, 0.1) is 35.6 Å². The van der Waals surface area contributed by atoms with E-state index in [1.165, 1.54) is 43.9 Å². The summed E-state index contributed by atoms with van der Waals surface area (Å²) in [5.41, 5.74) is 0.831. The topological polar surface area (TPSA) is 128 Å². The van der Waals surface area contributed by atoms with Crippen LogP contribution < -0.4 is 19.8 Å². The molecular formula is C28H34FN5O5S. The molecule has 0 saturated carbocycles. The molecular weight excluding hydrogens is 537 g/mol. The first kappa shape index (κ1) is 29.1. The number of rotatable bonds is 13. The van der Waals surface area contributed by atoms with E-state index in [-0.39, 0.29) is 27.7 Å². The highest BCUT2D eigenvalue weighted by molar-refractivity contribution is 7.92. The predicted molar refractivity (Wildman–Crippen MR) is 151 cm³/mol. The fraction of sp³-hybridized carbons (Fsp3) is 0.393. The summed E-state index contributed by atoms with van der Waals surface area (Å²) in [6.07, 6.45) is 6.08. The average molecular weight is 572 g/mol. The second-order valence-corrected chi connectivity index (χ2v) is 11.1. The molecule has 2 heterocycles. The van der Waals surface area contributed by atoms with Crippen molar-refractivity contribution in [3.63, 3.8) is 0 Å². The molecule has 0 radical (unpaired) electrons. The van der Waals surface area contributed by atoms with Gasteiger partial charge < -0.3 is 14.5 Å². The standard InChI is InChI=1S/C28H34FN5O5S/c1-5-7-8-9-10-11-25-30-18(3)26-28(35)31-27(32-34(25)26)21-17-20(13-15-23(21)39-6-2)40(36,37)33-19-12-14-24(38-4)22(29)16-19/h12-17,33H,5-11H2,1-4H3,(H,31,32,35). The number of imidazole rings is 1. The van der Waals surface area contributed by atoms with Crippen LogP contribution in [0.15, 0.2) is 46.1 Å². The number of aromatic nitrogens is 4. The van der Waals surface area contributed by atoms with Gasteiger partial charge in [-0.15, -0.1) is 5.10 Å². The number of halogens is 1. The zero-order valence-electron chi connectivity index (χ0n) is 23.1. The Morgan fingerprint density at radius 2 is 1.80 bits per heavy atom. The molecule has 0 fully saturated rings. The number of fused-ring (bicyclic) bond motifs is 1. The van der Waals surface area contributed by atoms with E-state index < -0.39 is 21.4 Å². The normalized spacial score (nSPS) is 11.6. The van der Waals surface area contributed by atoms with Crippen LogP contribution in [0.4, 0.5) is 10.1 Å². The van der Waals surface area contributed by atoms with Crippen molar-refractivity contribution >= 4 is 21.2 Å². The second-order valence-electron chi connectivity index (χ2n) is 9.39. The largest absolute Gasteiger partial charge is 0.494 e. The molecule has 214 valence electrons. The number of nitrogens with zero attached hydrogens (tertiary/aromatic N) is 3. The highest BCUT2D eigenvalue weighted by Crippen LogP contribution is 2.31. The van der Waals surface area contributed by atoms with Crippen LogP contribution >= 0.6 is 0 Å². The lowest BCUT2D eigenvalue weighted by atomic mass is 10.1. The van der Waals surface area contributed by atoms with Crippen LogP contribution in [0.3, 0.4) is 0 Å². The Kier molecular flexibility index (Phi) is 9.08. The summed E-state index contributed by atoms with van der Waals surface area (Å²) in [7, 11) is -2.82. The van der Waals surface area contributed by atoms with Crippen LogP contribution in [0.2, 0.25) is 0 Å². The SMILES string of the molecule is CCCCCCCc1nc(C)c2c(=O)[nH]c(-c3cc(S(=O)(=O)Nc4ccc(OC)c(F)c4)ccc3OCC)nn12. The van der Waals surface area contributed by atoms with Crippen molar-refractivity contribution < 1.29 is 22.3 Å². The van der Waals surface area contributed by atoms with E-state index in [0.717, 1.165) is 31.7 Å². The Morgan fingerprint density at radius 3 is 2.50 bits per heavy atom. The molecule has 40 heavy (non-hydrogen) atoms. The van der Waals surface area contributed by atoms with Crippen LogP contribution in [-0.4, -0.2) is 41.7 Å². The van der Waals surface area contributed by atoms with Gasteiger partial charge in [-0.3, -0.25) is 9.52 Å². The molecule has 0 unspecified atom stereocenters. The number of aromatic amines is 1. The van der Waals surface area contributed by atoms with Gasteiger partial charge in [-0.1, -0.05) is 32.6 Å². The maximum absolute atomic E-state index is 14.2. The zero-order chi connectivity index (χ0) is 28.9. The molecule has 4 rings (SSSR count). The van der Waals surface area contributed by atoms with Gasteiger partial charge in [0.2, 0.25) is 0 Å². The van der Waals surface area contributed by atoms with Gasteiger partial charge in [0.25, 0.3) is 15.6 Å². The van der Waals surface area contributed by atoms with Crippen molar-refractivity contribution in [2.75, 3.05) is 18.4 Å². The van der Waals surface area contributed by atoms with Crippen LogP contribution in [0.5, 0.6) is 11.5 Å². The molecule has 4 aromatic rings. The Balaban J connectivity index is 1.74. The van der Waals surface area contributed by atoms with Gasteiger partial charge >= 0.3 is 0 Å². The third kappa shape index (κ3) is 6.27. The second kappa shape index (κ2) is 12.5. The molecule has 0 aliphatic heterocycles. The van der Waals surface area contributed by atoms with E-state index >= 15 is 0 Å². The minimum Gasteiger partial charge on any atom is -0.494 e. The van der Waals surface area contributed by atoms with Gasteiger partial charge in [-0.05, 0) is 50.6 Å². The molecule has 2 N–H and O–H groups in total. The Morgan fingerprint density at radius 1 is 1.05 bits per heavy atom. The van der Waals surface area contributed by atoms with Gasteiger partial charge in [-0.25, -0.2) is 22.3 Å². The highest BCUT2D eigenvalue weighted by Gasteiger charge is 2.21. The Labute approximate surface area is 232 Å². The fourth-order valence-electron chi connectivity index (χ4n) is 4.49. The Hall–Kier alpha value is -3.93. The number of nitrogens with one attached hydrogen (secondary N) is 2. The molecule has 12 heteroatoms. The van der Waals surface area contributed by atoms with Gasteiger partial charge in [-0.2, -0.15) is 0 Å². The van der Waals surface area contributed by atoms with E-state index in [1.807, 2.05) is 0 Å². The zero-order valence-corrected chi connectivity index (χ0v) is 23.9. The molecule has 0 spiro atoms. The summed E-state index contributed by atoms with van der Waals surface area (Å²) < 4.78 is 55.2. The molecule has 0 aliphatic rings. The lowest BCUT2D eigenvalue weighted by Gasteiger charge is -2.14. The van der Waals surface area contributed by atoms with Gasteiger partial charge in [0.1, 0.15) is 11.6 Å². The van der Waals surface area contributed by atoms with Crippen molar-refractivity contribution in [1.29, 1.82) is 0 Å². The maximum atomic E-state index is 14.2. The number of anilines is 1. The molecule has 2 aromatic carbocycles. The molecule has 0 saturated heterocycles. The monoisotopic (exact) mass is 571 g/mol. The smallest absolute Gasteiger partial charge is 0.277 e. The summed E-state index contributed by atoms with van der Waals surface area (Å²) in [5.74, 6) is 0.436. The lowest BCUT2D eigenvalue weighted by Crippen LogP contribution is -2.17. The first-order valence-electron chi connectivity index (χ1n) is 13.3. The minimum absolute atomic E-state index is 0.00760. The number of aryl methyl sites for hydroxylation is 2. The quantitative estimate of drug-likeness (QED) is 0.210. The highest BCUT2D eigenvalue weighted by atomic mass is 32.2. The van der Waals surface area contributed by atoms with E-state index in [1.54, 1.807) is 18.4 Å². The molecule has 0 bridgehead atoms. The summed E-state index contributed by atoms with van der Waals surface area (Å²) in [5, 5.41) is 4.66. The first-order valence-corrected chi connectivity index (χ1v) is 14.8. The van der Waals surface area contributed by atoms with Gasteiger partial charge in [0.15, 0.2) is 22.9 Å². The molecule has 2 aromatic heterocycles. The molecule has 10 nitrogen and oxygen atoms in total. The number of unbranched alkanes of at least 4 members (excludes halogenated alkanes) is 4. The number of hydrogen-bond acceptors (Lipinski definition) is 7. The predicted octanol–water partition coefficient (Wildman–Crippen LogP) is 5.25. The van der Waals surface area contributed by atoms with Crippen molar-refractivity contribution in [3.05, 3.63) is 64.1 Å². The van der Waals surface area contributed by atoms with Crippen LogP contribution in [0.1, 0.15) is 57.5 Å². The first-order chi connectivity index (χ1) is 19.2. The van der Waals surface area contributed by atoms with Crippen LogP contribution in [0, 0.1) is 12.7 Å². The van der Waals surface area contributed by atoms with Crippen molar-refractivity contribution in [2.24, 2.45) is 0 Å². The maximum Gasteiger partial charge on any atom is 0.277 e. The number of hydrogen-bond donors (Lipinski definition) is 2. The third-order valence-corrected chi connectivity index (χ3v) is 7.85. The summed E-state index contributed by atoms with van der Waals surface area (Å²) in [6, 6.07) is 7.99. The number of sulfonamides is 1. The summed E-state index contributed by atoms with van der Waals surface area (Å²) >= 11 is 0.